The fraction of sp³-hybridized carbons (Fsp3) is 0.643. The molecule has 3 atom stereocenters. The highest BCUT2D eigenvalue weighted by atomic mass is 35.5. The summed E-state index contributed by atoms with van der Waals surface area (Å²) in [5.41, 5.74) is 0. The number of carbonyl (C=O) groups excluding carboxylic acids is 2. The third kappa shape index (κ3) is 5.31. The topological polar surface area (TPSA) is 89.9 Å². The van der Waals surface area contributed by atoms with Crippen LogP contribution >= 0.6 is 12.4 Å². The van der Waals surface area contributed by atoms with Gasteiger partial charge in [-0.1, -0.05) is 6.08 Å². The van der Waals surface area contributed by atoms with Gasteiger partial charge in [0.25, 0.3) is 0 Å². The van der Waals surface area contributed by atoms with E-state index in [0.29, 0.717) is 13.0 Å². The zero-order chi connectivity index (χ0) is 16.2. The van der Waals surface area contributed by atoms with Crippen LogP contribution in [0.25, 0.3) is 0 Å². The Labute approximate surface area is 136 Å². The summed E-state index contributed by atoms with van der Waals surface area (Å²) in [5, 5.41) is 12.1. The van der Waals surface area contributed by atoms with E-state index in [2.05, 4.69) is 11.9 Å². The predicted octanol–water partition coefficient (Wildman–Crippen LogP) is 0.310. The fourth-order valence-electron chi connectivity index (χ4n) is 2.51. The second kappa shape index (κ2) is 8.75. The van der Waals surface area contributed by atoms with E-state index in [-0.39, 0.29) is 36.7 Å². The lowest BCUT2D eigenvalue weighted by atomic mass is 10.1. The Morgan fingerprint density at radius 1 is 1.45 bits per heavy atom. The number of halogens is 1. The molecule has 7 nitrogen and oxygen atoms in total. The molecule has 2 amide bonds. The maximum atomic E-state index is 11.4. The molecule has 8 heteroatoms. The maximum Gasteiger partial charge on any atom is 0.321 e. The van der Waals surface area contributed by atoms with Crippen LogP contribution in [0.5, 0.6) is 0 Å². The zero-order valence-corrected chi connectivity index (χ0v) is 13.9. The molecule has 0 aromatic carbocycles. The van der Waals surface area contributed by atoms with E-state index >= 15 is 0 Å². The van der Waals surface area contributed by atoms with Gasteiger partial charge in [0, 0.05) is 27.4 Å². The summed E-state index contributed by atoms with van der Waals surface area (Å²) >= 11 is 0. The number of amides is 2. The smallest absolute Gasteiger partial charge is 0.321 e. The number of nitrogens with zero attached hydrogens (tertiary/aromatic N) is 2. The van der Waals surface area contributed by atoms with Gasteiger partial charge in [-0.05, 0) is 12.3 Å². The highest BCUT2D eigenvalue weighted by Crippen LogP contribution is 2.26. The first-order chi connectivity index (χ1) is 9.76. The van der Waals surface area contributed by atoms with Crippen LogP contribution in [0.3, 0.4) is 0 Å². The molecule has 1 saturated heterocycles. The Morgan fingerprint density at radius 3 is 2.45 bits per heavy atom. The van der Waals surface area contributed by atoms with Crippen LogP contribution in [0, 0.1) is 5.92 Å². The third-order valence-electron chi connectivity index (χ3n) is 3.74. The number of carboxylic acid groups (broad SMARTS) is 1. The summed E-state index contributed by atoms with van der Waals surface area (Å²) in [7, 11) is 1.62. The van der Waals surface area contributed by atoms with Gasteiger partial charge in [0.2, 0.25) is 11.8 Å². The molecule has 3 unspecified atom stereocenters. The molecule has 0 aromatic rings. The second-order valence-corrected chi connectivity index (χ2v) is 5.40. The highest BCUT2D eigenvalue weighted by Gasteiger charge is 2.40. The summed E-state index contributed by atoms with van der Waals surface area (Å²) < 4.78 is 0. The molecule has 1 fully saturated rings. The van der Waals surface area contributed by atoms with E-state index in [4.69, 9.17) is 0 Å². The predicted molar refractivity (Wildman–Crippen MR) is 84.6 cm³/mol. The Balaban J connectivity index is 0.00000441. The number of carbonyl (C=O) groups is 3. The number of likely N-dealkylation sites (tertiary alicyclic amines) is 1. The molecule has 22 heavy (non-hydrogen) atoms. The van der Waals surface area contributed by atoms with E-state index in [9.17, 15) is 19.5 Å². The van der Waals surface area contributed by atoms with Gasteiger partial charge in [0.1, 0.15) is 12.2 Å². The number of nitrogens with one attached hydrogen (secondary N) is 1. The first-order valence-electron chi connectivity index (χ1n) is 6.86. The average Bonchev–Trinajstić information content (AvgIpc) is 2.81. The van der Waals surface area contributed by atoms with Gasteiger partial charge in [-0.3, -0.25) is 19.3 Å². The standard InChI is InChI=1S/C14H23N3O4.ClH/c1-5-11-6-12(14(20)21)17(7-11)13(15-9(2)18)8-16(4)10(3)19;/h5,11-13H,1,6-8H2,2-4H3,(H,15,18)(H,20,21);1H. The maximum absolute atomic E-state index is 11.4. The first kappa shape index (κ1) is 20.4. The molecule has 1 rings (SSSR count). The van der Waals surface area contributed by atoms with Gasteiger partial charge in [0.05, 0.1) is 6.54 Å². The first-order valence-corrected chi connectivity index (χ1v) is 6.86. The van der Waals surface area contributed by atoms with Crippen molar-refractivity contribution in [3.8, 4) is 0 Å². The van der Waals surface area contributed by atoms with Crippen molar-refractivity contribution in [2.24, 2.45) is 5.92 Å². The van der Waals surface area contributed by atoms with Crippen LogP contribution in [0.15, 0.2) is 12.7 Å². The minimum atomic E-state index is -0.930. The van der Waals surface area contributed by atoms with Crippen molar-refractivity contribution in [3.63, 3.8) is 0 Å². The van der Waals surface area contributed by atoms with Gasteiger partial charge in [-0.25, -0.2) is 0 Å². The number of rotatable bonds is 6. The van der Waals surface area contributed by atoms with Crippen LogP contribution in [-0.2, 0) is 14.4 Å². The van der Waals surface area contributed by atoms with Crippen molar-refractivity contribution >= 4 is 30.2 Å². The lowest BCUT2D eigenvalue weighted by molar-refractivity contribution is -0.144. The Morgan fingerprint density at radius 2 is 2.05 bits per heavy atom. The minimum absolute atomic E-state index is 0. The number of hydrogen-bond acceptors (Lipinski definition) is 4. The van der Waals surface area contributed by atoms with Gasteiger partial charge in [-0.2, -0.15) is 0 Å². The third-order valence-corrected chi connectivity index (χ3v) is 3.74. The van der Waals surface area contributed by atoms with E-state index in [0.717, 1.165) is 0 Å². The van der Waals surface area contributed by atoms with E-state index < -0.39 is 18.2 Å². The lowest BCUT2D eigenvalue weighted by Gasteiger charge is -2.34. The quantitative estimate of drug-likeness (QED) is 0.683. The molecule has 0 aliphatic carbocycles. The molecule has 0 radical (unpaired) electrons. The average molecular weight is 334 g/mol. The SMILES string of the molecule is C=CC1CC(C(=O)O)N(C(CN(C)C(C)=O)NC(C)=O)C1.Cl. The zero-order valence-electron chi connectivity index (χ0n) is 13.1. The number of carboxylic acids is 1. The summed E-state index contributed by atoms with van der Waals surface area (Å²) in [6, 6.07) is -0.690. The van der Waals surface area contributed by atoms with Crippen molar-refractivity contribution in [2.45, 2.75) is 32.5 Å². The number of likely N-dealkylation sites (N-methyl/N-ethyl adjacent to an activating group) is 1. The second-order valence-electron chi connectivity index (χ2n) is 5.40. The van der Waals surface area contributed by atoms with Gasteiger partial charge in [-0.15, -0.1) is 19.0 Å². The van der Waals surface area contributed by atoms with Crippen LogP contribution < -0.4 is 5.32 Å². The lowest BCUT2D eigenvalue weighted by Crippen LogP contribution is -2.56. The van der Waals surface area contributed by atoms with Gasteiger partial charge in [0.15, 0.2) is 0 Å². The van der Waals surface area contributed by atoms with E-state index in [1.807, 2.05) is 0 Å². The highest BCUT2D eigenvalue weighted by molar-refractivity contribution is 5.85. The summed E-state index contributed by atoms with van der Waals surface area (Å²) in [6.07, 6.45) is 1.66. The summed E-state index contributed by atoms with van der Waals surface area (Å²) in [4.78, 5) is 37.4. The normalized spacial score (nSPS) is 22.3. The van der Waals surface area contributed by atoms with Crippen molar-refractivity contribution in [1.82, 2.24) is 15.1 Å². The largest absolute Gasteiger partial charge is 0.480 e. The number of hydrogen-bond donors (Lipinski definition) is 2. The number of aliphatic carboxylic acids is 1. The molecule has 2 N–H and O–H groups in total. The molecule has 0 bridgehead atoms. The van der Waals surface area contributed by atoms with Crippen molar-refractivity contribution in [2.75, 3.05) is 20.1 Å². The fourth-order valence-corrected chi connectivity index (χ4v) is 2.51. The minimum Gasteiger partial charge on any atom is -0.480 e. The monoisotopic (exact) mass is 333 g/mol. The molecule has 0 spiro atoms. The molecular weight excluding hydrogens is 310 g/mol. The Kier molecular flexibility index (Phi) is 8.11. The van der Waals surface area contributed by atoms with Crippen molar-refractivity contribution in [1.29, 1.82) is 0 Å². The van der Waals surface area contributed by atoms with E-state index in [1.165, 1.54) is 18.7 Å². The summed E-state index contributed by atoms with van der Waals surface area (Å²) in [5.74, 6) is -1.27. The van der Waals surface area contributed by atoms with Crippen LogP contribution in [0.1, 0.15) is 20.3 Å². The molecule has 126 valence electrons. The van der Waals surface area contributed by atoms with Gasteiger partial charge >= 0.3 is 5.97 Å². The van der Waals surface area contributed by atoms with Crippen LogP contribution in [-0.4, -0.2) is 65.0 Å². The van der Waals surface area contributed by atoms with Gasteiger partial charge < -0.3 is 15.3 Å². The van der Waals surface area contributed by atoms with Crippen LogP contribution in [0.4, 0.5) is 0 Å². The van der Waals surface area contributed by atoms with Crippen molar-refractivity contribution in [3.05, 3.63) is 12.7 Å². The molecule has 0 saturated carbocycles. The molecule has 1 aliphatic rings. The molecule has 0 aromatic heterocycles. The summed E-state index contributed by atoms with van der Waals surface area (Å²) in [6.45, 7) is 7.24. The molecule has 1 aliphatic heterocycles. The van der Waals surface area contributed by atoms with E-state index in [1.54, 1.807) is 18.0 Å². The van der Waals surface area contributed by atoms with Crippen molar-refractivity contribution < 1.29 is 19.5 Å². The molecular formula is C14H24ClN3O4. The van der Waals surface area contributed by atoms with Crippen LogP contribution in [0.2, 0.25) is 0 Å². The molecule has 1 heterocycles. The Hall–Kier alpha value is -1.60. The Bertz CT molecular complexity index is 444.